The Kier molecular flexibility index (Phi) is 4.77. The minimum Gasteiger partial charge on any atom is -0.504 e. The van der Waals surface area contributed by atoms with Crippen LogP contribution >= 0.6 is 0 Å². The van der Waals surface area contributed by atoms with E-state index < -0.39 is 0 Å². The second-order valence-electron chi connectivity index (χ2n) is 8.37. The lowest BCUT2D eigenvalue weighted by Crippen LogP contribution is -2.21. The number of phenols is 1. The highest BCUT2D eigenvalue weighted by Crippen LogP contribution is 2.49. The molecule has 1 atom stereocenters. The van der Waals surface area contributed by atoms with Gasteiger partial charge < -0.3 is 19.3 Å². The number of hydrogen-bond acceptors (Lipinski definition) is 7. The molecule has 0 fully saturated rings. The molecule has 4 aromatic rings. The lowest BCUT2D eigenvalue weighted by atomic mass is 9.83. The number of aromatic hydroxyl groups is 1. The zero-order chi connectivity index (χ0) is 24.1. The van der Waals surface area contributed by atoms with E-state index in [1.54, 1.807) is 36.5 Å². The Labute approximate surface area is 200 Å². The third kappa shape index (κ3) is 3.40. The molecule has 7 heteroatoms. The van der Waals surface area contributed by atoms with Gasteiger partial charge in [-0.2, -0.15) is 0 Å². The maximum atomic E-state index is 13.2. The molecule has 0 unspecified atom stereocenters. The van der Waals surface area contributed by atoms with Crippen molar-refractivity contribution in [2.45, 2.75) is 12.3 Å². The molecule has 1 N–H and O–H groups in total. The van der Waals surface area contributed by atoms with Crippen LogP contribution < -0.4 is 14.2 Å². The first-order valence-electron chi connectivity index (χ1n) is 11.1. The van der Waals surface area contributed by atoms with Crippen LogP contribution in [0.1, 0.15) is 39.4 Å². The summed E-state index contributed by atoms with van der Waals surface area (Å²) in [6.45, 7) is 0. The fraction of sp³-hybridized carbons (Fsp3) is 0.107. The summed E-state index contributed by atoms with van der Waals surface area (Å²) < 4.78 is 16.7. The van der Waals surface area contributed by atoms with Crippen molar-refractivity contribution in [2.24, 2.45) is 0 Å². The molecule has 0 aliphatic carbocycles. The normalized spacial score (nSPS) is 17.6. The van der Waals surface area contributed by atoms with E-state index in [1.807, 2.05) is 30.3 Å². The highest BCUT2D eigenvalue weighted by molar-refractivity contribution is 6.15. The Morgan fingerprint density at radius 1 is 1.06 bits per heavy atom. The van der Waals surface area contributed by atoms with E-state index in [1.165, 1.54) is 13.2 Å². The van der Waals surface area contributed by atoms with Crippen molar-refractivity contribution >= 4 is 28.7 Å². The maximum absolute atomic E-state index is 13.2. The van der Waals surface area contributed by atoms with Crippen LogP contribution in [0.5, 0.6) is 23.0 Å². The Morgan fingerprint density at radius 3 is 2.74 bits per heavy atom. The summed E-state index contributed by atoms with van der Waals surface area (Å²) in [6, 6.07) is 17.7. The van der Waals surface area contributed by atoms with Crippen LogP contribution in [-0.2, 0) is 4.79 Å². The zero-order valence-corrected chi connectivity index (χ0v) is 18.6. The summed E-state index contributed by atoms with van der Waals surface area (Å²) in [5, 5.41) is 11.0. The van der Waals surface area contributed by atoms with Gasteiger partial charge in [0.25, 0.3) is 0 Å². The first-order chi connectivity index (χ1) is 17.0. The van der Waals surface area contributed by atoms with E-state index in [-0.39, 0.29) is 35.6 Å². The van der Waals surface area contributed by atoms with Gasteiger partial charge in [-0.15, -0.1) is 0 Å². The molecule has 0 bridgehead atoms. The van der Waals surface area contributed by atoms with Crippen LogP contribution in [0.15, 0.2) is 72.6 Å². The number of phenolic OH excluding ortho intramolecular Hbond substituents is 1. The van der Waals surface area contributed by atoms with E-state index >= 15 is 0 Å². The van der Waals surface area contributed by atoms with E-state index in [0.29, 0.717) is 33.9 Å². The minimum atomic E-state index is -0.369. The highest BCUT2D eigenvalue weighted by Gasteiger charge is 2.39. The van der Waals surface area contributed by atoms with E-state index in [9.17, 15) is 14.7 Å². The summed E-state index contributed by atoms with van der Waals surface area (Å²) in [5.74, 6) is 0.165. The summed E-state index contributed by atoms with van der Waals surface area (Å²) in [6.07, 6.45) is 3.40. The van der Waals surface area contributed by atoms with Crippen molar-refractivity contribution in [3.63, 3.8) is 0 Å². The molecule has 2 aliphatic rings. The van der Waals surface area contributed by atoms with Crippen molar-refractivity contribution in [3.05, 3.63) is 94.9 Å². The summed E-state index contributed by atoms with van der Waals surface area (Å²) in [5.41, 5.74) is 3.36. The van der Waals surface area contributed by atoms with Gasteiger partial charge in [-0.05, 0) is 53.6 Å². The number of pyridine rings is 1. The van der Waals surface area contributed by atoms with Gasteiger partial charge in [-0.3, -0.25) is 14.6 Å². The largest absolute Gasteiger partial charge is 0.504 e. The number of para-hydroxylation sites is 1. The number of esters is 1. The minimum absolute atomic E-state index is 0.0428. The third-order valence-electron chi connectivity index (χ3n) is 6.34. The fourth-order valence-electron chi connectivity index (χ4n) is 4.74. The molecule has 35 heavy (non-hydrogen) atoms. The lowest BCUT2D eigenvalue weighted by molar-refractivity contribution is -0.135. The quantitative estimate of drug-likeness (QED) is 0.258. The number of hydrogen-bond donors (Lipinski definition) is 1. The number of nitrogens with zero attached hydrogens (tertiary/aromatic N) is 1. The second kappa shape index (κ2) is 7.99. The molecule has 0 saturated carbocycles. The predicted octanol–water partition coefficient (Wildman–Crippen LogP) is 5.01. The Bertz CT molecular complexity index is 1570. The molecule has 1 aromatic heterocycles. The molecular weight excluding hydrogens is 446 g/mol. The molecule has 2 aliphatic heterocycles. The third-order valence-corrected chi connectivity index (χ3v) is 6.34. The molecule has 0 radical (unpaired) electrons. The monoisotopic (exact) mass is 465 g/mol. The van der Waals surface area contributed by atoms with Gasteiger partial charge in [0, 0.05) is 23.1 Å². The van der Waals surface area contributed by atoms with Gasteiger partial charge in [-0.1, -0.05) is 24.3 Å². The number of aromatic nitrogens is 1. The lowest BCUT2D eigenvalue weighted by Gasteiger charge is -2.27. The molecule has 6 rings (SSSR count). The first kappa shape index (κ1) is 20.9. The molecule has 7 nitrogen and oxygen atoms in total. The number of ketones is 1. The van der Waals surface area contributed by atoms with Crippen LogP contribution in [0.3, 0.4) is 0 Å². The van der Waals surface area contributed by atoms with Gasteiger partial charge in [0.2, 0.25) is 5.78 Å². The maximum Gasteiger partial charge on any atom is 0.312 e. The van der Waals surface area contributed by atoms with Crippen molar-refractivity contribution < 1.29 is 28.9 Å². The Morgan fingerprint density at radius 2 is 1.91 bits per heavy atom. The van der Waals surface area contributed by atoms with Gasteiger partial charge in [-0.25, -0.2) is 0 Å². The molecule has 0 spiro atoms. The molecule has 172 valence electrons. The highest BCUT2D eigenvalue weighted by atomic mass is 16.5. The van der Waals surface area contributed by atoms with Crippen LogP contribution in [0, 0.1) is 0 Å². The van der Waals surface area contributed by atoms with Gasteiger partial charge >= 0.3 is 5.97 Å². The average molecular weight is 465 g/mol. The van der Waals surface area contributed by atoms with Gasteiger partial charge in [0.15, 0.2) is 17.3 Å². The summed E-state index contributed by atoms with van der Waals surface area (Å²) in [4.78, 5) is 30.2. The van der Waals surface area contributed by atoms with Crippen molar-refractivity contribution in [1.29, 1.82) is 0 Å². The van der Waals surface area contributed by atoms with Crippen LogP contribution in [0.4, 0.5) is 0 Å². The van der Waals surface area contributed by atoms with E-state index in [4.69, 9.17) is 14.2 Å². The number of carbonyl (C=O) groups excluding carboxylic acids is 2. The van der Waals surface area contributed by atoms with Crippen molar-refractivity contribution in [1.82, 2.24) is 4.98 Å². The fourth-order valence-corrected chi connectivity index (χ4v) is 4.74. The van der Waals surface area contributed by atoms with Crippen molar-refractivity contribution in [2.75, 3.05) is 7.11 Å². The van der Waals surface area contributed by atoms with Crippen LogP contribution in [0.25, 0.3) is 17.0 Å². The van der Waals surface area contributed by atoms with Crippen LogP contribution in [-0.4, -0.2) is 29.0 Å². The SMILES string of the molecule is COc1ccc(/C=C2\Oc3c(ccc4c3[C@H](c3ccnc5ccccc35)CC(=O)O4)C2=O)cc1O. The number of rotatable bonds is 3. The number of fused-ring (bicyclic) bond motifs is 4. The second-order valence-corrected chi connectivity index (χ2v) is 8.37. The predicted molar refractivity (Wildman–Crippen MR) is 128 cm³/mol. The topological polar surface area (TPSA) is 95.0 Å². The molecule has 0 amide bonds. The number of benzene rings is 3. The Hall–Kier alpha value is -4.65. The first-order valence-corrected chi connectivity index (χ1v) is 11.1. The summed E-state index contributed by atoms with van der Waals surface area (Å²) in [7, 11) is 1.46. The number of carbonyl (C=O) groups is 2. The molecular formula is C28H19NO6. The molecule has 3 aromatic carbocycles. The van der Waals surface area contributed by atoms with Gasteiger partial charge in [0.05, 0.1) is 24.6 Å². The standard InChI is InChI=1S/C28H19NO6/c1-33-22-8-6-15(12-21(22)30)13-24-27(32)18-7-9-23-26(28(18)35-24)19(14-25(31)34-23)16-10-11-29-20-5-3-2-4-17(16)20/h2-13,19,30H,14H2,1H3/b24-13-/t19-/m0/s1. The van der Waals surface area contributed by atoms with Gasteiger partial charge in [0.1, 0.15) is 11.5 Å². The number of methoxy groups -OCH3 is 1. The molecule has 3 heterocycles. The molecule has 0 saturated heterocycles. The summed E-state index contributed by atoms with van der Waals surface area (Å²) >= 11 is 0. The van der Waals surface area contributed by atoms with Crippen LogP contribution in [0.2, 0.25) is 0 Å². The number of allylic oxidation sites excluding steroid dienone is 1. The van der Waals surface area contributed by atoms with E-state index in [2.05, 4.69) is 4.98 Å². The smallest absolute Gasteiger partial charge is 0.312 e. The van der Waals surface area contributed by atoms with E-state index in [0.717, 1.165) is 16.5 Å². The number of ether oxygens (including phenoxy) is 3. The zero-order valence-electron chi connectivity index (χ0n) is 18.6. The average Bonchev–Trinajstić information content (AvgIpc) is 3.18. The Balaban J connectivity index is 1.48. The number of Topliss-reactive ketones (excluding diaryl/α,β-unsaturated/α-hetero) is 1. The van der Waals surface area contributed by atoms with Crippen molar-refractivity contribution in [3.8, 4) is 23.0 Å².